The van der Waals surface area contributed by atoms with E-state index >= 15 is 0 Å². The van der Waals surface area contributed by atoms with Crippen molar-refractivity contribution in [2.45, 2.75) is 26.4 Å². The van der Waals surface area contributed by atoms with Gasteiger partial charge in [0.25, 0.3) is 11.6 Å². The van der Waals surface area contributed by atoms with Crippen molar-refractivity contribution in [2.24, 2.45) is 0 Å². The Hall–Kier alpha value is -2.93. The molecule has 0 aromatic heterocycles. The summed E-state index contributed by atoms with van der Waals surface area (Å²) in [7, 11) is 0. The van der Waals surface area contributed by atoms with E-state index in [0.717, 1.165) is 37.4 Å². The number of nitrogens with one attached hydrogen (secondary N) is 1. The van der Waals surface area contributed by atoms with E-state index in [1.807, 2.05) is 36.9 Å². The normalized spacial score (nSPS) is 15.7. The van der Waals surface area contributed by atoms with Crippen molar-refractivity contribution >= 4 is 17.3 Å². The van der Waals surface area contributed by atoms with E-state index in [9.17, 15) is 14.9 Å². The van der Waals surface area contributed by atoms with Gasteiger partial charge in [-0.25, -0.2) is 0 Å². The van der Waals surface area contributed by atoms with Gasteiger partial charge in [0.05, 0.1) is 31.1 Å². The Morgan fingerprint density at radius 2 is 1.76 bits per heavy atom. The first-order chi connectivity index (χ1) is 14.0. The molecule has 0 spiro atoms. The van der Waals surface area contributed by atoms with Gasteiger partial charge in [-0.05, 0) is 31.5 Å². The molecule has 0 unspecified atom stereocenters. The summed E-state index contributed by atoms with van der Waals surface area (Å²) in [6.45, 7) is 8.77. The van der Waals surface area contributed by atoms with Gasteiger partial charge in [0.1, 0.15) is 0 Å². The summed E-state index contributed by atoms with van der Waals surface area (Å²) < 4.78 is 0. The molecule has 1 aliphatic heterocycles. The van der Waals surface area contributed by atoms with Crippen molar-refractivity contribution in [3.8, 4) is 0 Å². The molecule has 0 bridgehead atoms. The summed E-state index contributed by atoms with van der Waals surface area (Å²) in [6, 6.07) is 16.7. The lowest BCUT2D eigenvalue weighted by Crippen LogP contribution is -3.19. The van der Waals surface area contributed by atoms with E-state index < -0.39 is 0 Å². The Labute approximate surface area is 171 Å². The zero-order valence-corrected chi connectivity index (χ0v) is 17.1. The predicted octanol–water partition coefficient (Wildman–Crippen LogP) is 1.74. The molecule has 1 amide bonds. The number of piperazine rings is 1. The molecule has 1 fully saturated rings. The van der Waals surface area contributed by atoms with Crippen molar-refractivity contribution in [1.29, 1.82) is 0 Å². The van der Waals surface area contributed by atoms with Crippen LogP contribution in [0.3, 0.4) is 0 Å². The van der Waals surface area contributed by atoms with Crippen LogP contribution < -0.4 is 9.80 Å². The Morgan fingerprint density at radius 1 is 1.14 bits per heavy atom. The van der Waals surface area contributed by atoms with Crippen molar-refractivity contribution < 1.29 is 14.6 Å². The smallest absolute Gasteiger partial charge is 0.280 e. The summed E-state index contributed by atoms with van der Waals surface area (Å²) in [4.78, 5) is 28.9. The van der Waals surface area contributed by atoms with E-state index in [0.29, 0.717) is 13.1 Å². The van der Waals surface area contributed by atoms with E-state index in [2.05, 4.69) is 17.0 Å². The fourth-order valence-electron chi connectivity index (χ4n) is 3.87. The molecule has 7 heteroatoms. The second-order valence-corrected chi connectivity index (χ2v) is 7.48. The molecule has 1 heterocycles. The molecule has 1 saturated heterocycles. The lowest BCUT2D eigenvalue weighted by molar-refractivity contribution is -0.915. The Bertz CT molecular complexity index is 818. The molecule has 1 atom stereocenters. The highest BCUT2D eigenvalue weighted by atomic mass is 16.6. The average molecular weight is 397 g/mol. The van der Waals surface area contributed by atoms with Crippen LogP contribution in [-0.4, -0.2) is 54.5 Å². The maximum absolute atomic E-state index is 13.1. The van der Waals surface area contributed by atoms with Gasteiger partial charge in [-0.2, -0.15) is 0 Å². The first-order valence-electron chi connectivity index (χ1n) is 10.2. The maximum atomic E-state index is 13.1. The largest absolute Gasteiger partial charge is 0.360 e. The highest BCUT2D eigenvalue weighted by molar-refractivity contribution is 5.80. The molecule has 2 aromatic carbocycles. The SMILES string of the molecule is CCN(Cc1ccccc1)C(=O)[C@@H](C)[NH+]1CCN(c2ccc([N+](=O)[O-])cc2)CC1. The van der Waals surface area contributed by atoms with Crippen LogP contribution in [0, 0.1) is 10.1 Å². The first kappa shape index (κ1) is 20.8. The van der Waals surface area contributed by atoms with Crippen LogP contribution in [0.2, 0.25) is 0 Å². The van der Waals surface area contributed by atoms with E-state index in [4.69, 9.17) is 0 Å². The summed E-state index contributed by atoms with van der Waals surface area (Å²) >= 11 is 0. The monoisotopic (exact) mass is 397 g/mol. The summed E-state index contributed by atoms with van der Waals surface area (Å²) in [5.74, 6) is 0.190. The van der Waals surface area contributed by atoms with E-state index in [-0.39, 0.29) is 22.6 Å². The number of amides is 1. The molecule has 29 heavy (non-hydrogen) atoms. The zero-order valence-electron chi connectivity index (χ0n) is 17.1. The summed E-state index contributed by atoms with van der Waals surface area (Å²) in [6.07, 6.45) is 0. The van der Waals surface area contributed by atoms with Gasteiger partial charge in [-0.15, -0.1) is 0 Å². The van der Waals surface area contributed by atoms with Gasteiger partial charge in [-0.1, -0.05) is 30.3 Å². The maximum Gasteiger partial charge on any atom is 0.280 e. The van der Waals surface area contributed by atoms with Gasteiger partial charge in [0.15, 0.2) is 6.04 Å². The Kier molecular flexibility index (Phi) is 6.82. The second-order valence-electron chi connectivity index (χ2n) is 7.48. The lowest BCUT2D eigenvalue weighted by Gasteiger charge is -2.37. The topological polar surface area (TPSA) is 71.1 Å². The number of nitro benzene ring substituents is 1. The number of hydrogen-bond acceptors (Lipinski definition) is 4. The number of likely N-dealkylation sites (N-methyl/N-ethyl adjacent to an activating group) is 1. The highest BCUT2D eigenvalue weighted by Crippen LogP contribution is 2.19. The molecule has 154 valence electrons. The van der Waals surface area contributed by atoms with Crippen molar-refractivity contribution in [1.82, 2.24) is 4.90 Å². The standard InChI is InChI=1S/C22H28N4O3/c1-3-23(17-19-7-5-4-6-8-19)22(27)18(2)24-13-15-25(16-14-24)20-9-11-21(12-10-20)26(28)29/h4-12,18H,3,13-17H2,1-2H3/p+1/t18-/m1/s1. The number of nitrogens with zero attached hydrogens (tertiary/aromatic N) is 3. The van der Waals surface area contributed by atoms with Gasteiger partial charge in [0, 0.05) is 30.9 Å². The fourth-order valence-corrected chi connectivity index (χ4v) is 3.87. The third kappa shape index (κ3) is 5.12. The van der Waals surface area contributed by atoms with Crippen molar-refractivity contribution in [2.75, 3.05) is 37.6 Å². The number of anilines is 1. The van der Waals surface area contributed by atoms with E-state index in [1.165, 1.54) is 4.90 Å². The third-order valence-electron chi connectivity index (χ3n) is 5.72. The summed E-state index contributed by atoms with van der Waals surface area (Å²) in [5.41, 5.74) is 2.25. The fraction of sp³-hybridized carbons (Fsp3) is 0.409. The molecule has 0 radical (unpaired) electrons. The average Bonchev–Trinajstić information content (AvgIpc) is 2.77. The molecule has 0 aliphatic carbocycles. The number of carbonyl (C=O) groups excluding carboxylic acids is 1. The second kappa shape index (κ2) is 9.52. The zero-order chi connectivity index (χ0) is 20.8. The molecule has 3 rings (SSSR count). The number of quaternary nitrogens is 1. The number of nitro groups is 1. The Morgan fingerprint density at radius 3 is 2.31 bits per heavy atom. The minimum atomic E-state index is -0.381. The minimum absolute atomic E-state index is 0.0855. The van der Waals surface area contributed by atoms with Crippen LogP contribution in [0.25, 0.3) is 0 Å². The molecule has 7 nitrogen and oxygen atoms in total. The highest BCUT2D eigenvalue weighted by Gasteiger charge is 2.31. The summed E-state index contributed by atoms with van der Waals surface area (Å²) in [5, 5.41) is 10.8. The molecular weight excluding hydrogens is 368 g/mol. The number of non-ortho nitro benzene ring substituents is 1. The predicted molar refractivity (Wildman–Crippen MR) is 113 cm³/mol. The van der Waals surface area contributed by atoms with Crippen LogP contribution in [0.15, 0.2) is 54.6 Å². The molecule has 1 N–H and O–H groups in total. The van der Waals surface area contributed by atoms with E-state index in [1.54, 1.807) is 24.3 Å². The number of benzene rings is 2. The van der Waals surface area contributed by atoms with Crippen molar-refractivity contribution in [3.63, 3.8) is 0 Å². The number of hydrogen-bond donors (Lipinski definition) is 1. The van der Waals surface area contributed by atoms with Gasteiger partial charge in [0.2, 0.25) is 0 Å². The minimum Gasteiger partial charge on any atom is -0.360 e. The first-order valence-corrected chi connectivity index (χ1v) is 10.2. The van der Waals surface area contributed by atoms with Crippen LogP contribution >= 0.6 is 0 Å². The van der Waals surface area contributed by atoms with Gasteiger partial charge < -0.3 is 14.7 Å². The molecule has 2 aromatic rings. The molecule has 1 aliphatic rings. The number of carbonyl (C=O) groups is 1. The van der Waals surface area contributed by atoms with Crippen LogP contribution in [0.5, 0.6) is 0 Å². The Balaban J connectivity index is 1.56. The van der Waals surface area contributed by atoms with Crippen LogP contribution in [0.1, 0.15) is 19.4 Å². The van der Waals surface area contributed by atoms with Gasteiger partial charge >= 0.3 is 0 Å². The lowest BCUT2D eigenvalue weighted by atomic mass is 10.1. The van der Waals surface area contributed by atoms with Gasteiger partial charge in [-0.3, -0.25) is 14.9 Å². The van der Waals surface area contributed by atoms with Crippen molar-refractivity contribution in [3.05, 3.63) is 70.3 Å². The quantitative estimate of drug-likeness (QED) is 0.571. The van der Waals surface area contributed by atoms with Crippen LogP contribution in [0.4, 0.5) is 11.4 Å². The van der Waals surface area contributed by atoms with Crippen LogP contribution in [-0.2, 0) is 11.3 Å². The molecule has 0 saturated carbocycles. The number of rotatable bonds is 7. The third-order valence-corrected chi connectivity index (χ3v) is 5.72. The molecular formula is C22H29N4O3+.